The summed E-state index contributed by atoms with van der Waals surface area (Å²) in [6, 6.07) is 8.58. The molecular formula is C15H29NO4. The molecule has 4 N–H and O–H groups in total. The van der Waals surface area contributed by atoms with E-state index in [-0.39, 0.29) is 6.79 Å². The number of aliphatic hydroxyl groups is 1. The Morgan fingerprint density at radius 1 is 1.30 bits per heavy atom. The van der Waals surface area contributed by atoms with Crippen LogP contribution in [-0.2, 0) is 11.2 Å². The van der Waals surface area contributed by atoms with Crippen LogP contribution in [0.2, 0.25) is 0 Å². The first kappa shape index (κ1) is 23.5. The van der Waals surface area contributed by atoms with Crippen LogP contribution in [0.5, 0.6) is 0 Å². The highest BCUT2D eigenvalue weighted by atomic mass is 16.6. The Hall–Kier alpha value is -1.59. The third-order valence-electron chi connectivity index (χ3n) is 1.91. The second kappa shape index (κ2) is 19.7. The summed E-state index contributed by atoms with van der Waals surface area (Å²) in [6.07, 6.45) is 1.12. The smallest absolute Gasteiger partial charge is 0.402 e. The molecule has 5 heteroatoms. The van der Waals surface area contributed by atoms with Gasteiger partial charge in [0.1, 0.15) is 6.79 Å². The van der Waals surface area contributed by atoms with Crippen molar-refractivity contribution in [2.45, 2.75) is 40.5 Å². The Labute approximate surface area is 122 Å². The predicted octanol–water partition coefficient (Wildman–Crippen LogP) is 3.18. The van der Waals surface area contributed by atoms with Gasteiger partial charge in [0, 0.05) is 7.11 Å². The molecule has 5 nitrogen and oxygen atoms in total. The standard InChI is InChI=1S/C10H14.C2H6O2.C2H6.CH3NO2/c1-3-6-10-8-5-4-7-9(10)2;1-4-2-3;1-2;2-1(3)4/h4-5,7-8H,3,6H2,1-2H3;3H,2H2,1H3;1-2H3;2H2,(H,3,4). The lowest BCUT2D eigenvalue weighted by Crippen LogP contribution is -2.03. The van der Waals surface area contributed by atoms with Crippen molar-refractivity contribution < 1.29 is 19.7 Å². The maximum Gasteiger partial charge on any atom is 0.402 e. The molecule has 0 saturated heterocycles. The second-order valence-corrected chi connectivity index (χ2v) is 3.43. The van der Waals surface area contributed by atoms with Crippen LogP contribution in [0.1, 0.15) is 38.3 Å². The molecule has 0 unspecified atom stereocenters. The fraction of sp³-hybridized carbons (Fsp3) is 0.533. The molecule has 0 aliphatic carbocycles. The summed E-state index contributed by atoms with van der Waals surface area (Å²) in [5.41, 5.74) is 6.94. The topological polar surface area (TPSA) is 92.8 Å². The predicted molar refractivity (Wildman–Crippen MR) is 82.8 cm³/mol. The van der Waals surface area contributed by atoms with Gasteiger partial charge in [-0.05, 0) is 24.5 Å². The highest BCUT2D eigenvalue weighted by Crippen LogP contribution is 2.08. The first-order valence-electron chi connectivity index (χ1n) is 6.62. The molecule has 118 valence electrons. The minimum Gasteiger partial charge on any atom is -0.465 e. The van der Waals surface area contributed by atoms with Gasteiger partial charge in [-0.2, -0.15) is 0 Å². The third kappa shape index (κ3) is 21.7. The average Bonchev–Trinajstić information content (AvgIpc) is 2.44. The molecule has 0 atom stereocenters. The van der Waals surface area contributed by atoms with Crippen molar-refractivity contribution in [3.63, 3.8) is 0 Å². The zero-order valence-corrected chi connectivity index (χ0v) is 13.2. The van der Waals surface area contributed by atoms with Gasteiger partial charge in [0.25, 0.3) is 0 Å². The summed E-state index contributed by atoms with van der Waals surface area (Å²) in [6.45, 7) is 8.21. The maximum atomic E-state index is 8.78. The summed E-state index contributed by atoms with van der Waals surface area (Å²) in [5, 5.41) is 14.8. The van der Waals surface area contributed by atoms with Crippen LogP contribution in [0.15, 0.2) is 24.3 Å². The van der Waals surface area contributed by atoms with E-state index < -0.39 is 6.09 Å². The number of hydrogen-bond donors (Lipinski definition) is 3. The number of rotatable bonds is 3. The molecule has 1 aromatic rings. The van der Waals surface area contributed by atoms with E-state index in [9.17, 15) is 0 Å². The lowest BCUT2D eigenvalue weighted by Gasteiger charge is -2.01. The summed E-state index contributed by atoms with van der Waals surface area (Å²) in [4.78, 5) is 8.78. The molecule has 0 saturated carbocycles. The number of primary amides is 1. The summed E-state index contributed by atoms with van der Waals surface area (Å²) < 4.78 is 4.10. The SMILES string of the molecule is CC.CCCc1ccccc1C.COCO.NC(=O)O. The molecule has 1 aromatic carbocycles. The van der Waals surface area contributed by atoms with Crippen molar-refractivity contribution in [1.29, 1.82) is 0 Å². The lowest BCUT2D eigenvalue weighted by molar-refractivity contribution is 0.0325. The maximum absolute atomic E-state index is 8.78. The molecule has 0 radical (unpaired) electrons. The first-order chi connectivity index (χ1) is 9.49. The lowest BCUT2D eigenvalue weighted by atomic mass is 10.1. The van der Waals surface area contributed by atoms with Gasteiger partial charge in [-0.1, -0.05) is 51.5 Å². The van der Waals surface area contributed by atoms with Gasteiger partial charge in [0.15, 0.2) is 0 Å². The average molecular weight is 287 g/mol. The van der Waals surface area contributed by atoms with Gasteiger partial charge in [-0.15, -0.1) is 0 Å². The number of ether oxygens (including phenoxy) is 1. The molecule has 0 heterocycles. The van der Waals surface area contributed by atoms with Gasteiger partial charge in [-0.25, -0.2) is 4.79 Å². The van der Waals surface area contributed by atoms with E-state index in [1.807, 2.05) is 13.8 Å². The molecular weight excluding hydrogens is 258 g/mol. The highest BCUT2D eigenvalue weighted by Gasteiger charge is 1.92. The Bertz CT molecular complexity index is 310. The van der Waals surface area contributed by atoms with Crippen LogP contribution in [-0.4, -0.2) is 30.2 Å². The normalized spacial score (nSPS) is 7.90. The van der Waals surface area contributed by atoms with Gasteiger partial charge in [0.05, 0.1) is 0 Å². The van der Waals surface area contributed by atoms with Crippen molar-refractivity contribution in [3.05, 3.63) is 35.4 Å². The zero-order chi connectivity index (χ0) is 16.4. The number of benzene rings is 1. The number of carbonyl (C=O) groups is 1. The Kier molecular flexibility index (Phi) is 23.2. The van der Waals surface area contributed by atoms with Gasteiger partial charge in [0.2, 0.25) is 0 Å². The van der Waals surface area contributed by atoms with E-state index in [1.165, 1.54) is 31.1 Å². The molecule has 0 aliphatic heterocycles. The van der Waals surface area contributed by atoms with Crippen molar-refractivity contribution in [1.82, 2.24) is 0 Å². The van der Waals surface area contributed by atoms with Crippen LogP contribution in [0.25, 0.3) is 0 Å². The van der Waals surface area contributed by atoms with Crippen molar-refractivity contribution in [2.75, 3.05) is 13.9 Å². The number of methoxy groups -OCH3 is 1. The fourth-order valence-corrected chi connectivity index (χ4v) is 1.16. The zero-order valence-electron chi connectivity index (χ0n) is 13.2. The van der Waals surface area contributed by atoms with Crippen molar-refractivity contribution >= 4 is 6.09 Å². The van der Waals surface area contributed by atoms with Gasteiger partial charge in [-0.3, -0.25) is 0 Å². The molecule has 1 amide bonds. The van der Waals surface area contributed by atoms with Crippen LogP contribution >= 0.6 is 0 Å². The summed E-state index contributed by atoms with van der Waals surface area (Å²) in [7, 11) is 1.43. The number of amides is 1. The molecule has 0 aromatic heterocycles. The van der Waals surface area contributed by atoms with Crippen molar-refractivity contribution in [2.24, 2.45) is 5.73 Å². The van der Waals surface area contributed by atoms with E-state index in [0.29, 0.717) is 0 Å². The fourth-order valence-electron chi connectivity index (χ4n) is 1.16. The monoisotopic (exact) mass is 287 g/mol. The minimum atomic E-state index is -1.33. The second-order valence-electron chi connectivity index (χ2n) is 3.43. The van der Waals surface area contributed by atoms with Gasteiger partial charge >= 0.3 is 6.09 Å². The van der Waals surface area contributed by atoms with E-state index >= 15 is 0 Å². The molecule has 0 aliphatic rings. The minimum absolute atomic E-state index is 0.181. The van der Waals surface area contributed by atoms with E-state index in [4.69, 9.17) is 15.0 Å². The number of aliphatic hydroxyl groups excluding tert-OH is 1. The van der Waals surface area contributed by atoms with Crippen LogP contribution in [0.4, 0.5) is 4.79 Å². The largest absolute Gasteiger partial charge is 0.465 e. The third-order valence-corrected chi connectivity index (χ3v) is 1.91. The Morgan fingerprint density at radius 3 is 2.00 bits per heavy atom. The first-order valence-corrected chi connectivity index (χ1v) is 6.62. The van der Waals surface area contributed by atoms with E-state index in [0.717, 1.165) is 0 Å². The summed E-state index contributed by atoms with van der Waals surface area (Å²) >= 11 is 0. The van der Waals surface area contributed by atoms with Crippen LogP contribution < -0.4 is 5.73 Å². The van der Waals surface area contributed by atoms with Crippen molar-refractivity contribution in [3.8, 4) is 0 Å². The highest BCUT2D eigenvalue weighted by molar-refractivity contribution is 5.61. The van der Waals surface area contributed by atoms with Crippen LogP contribution in [0, 0.1) is 6.92 Å². The van der Waals surface area contributed by atoms with Crippen LogP contribution in [0.3, 0.4) is 0 Å². The number of hydrogen-bond acceptors (Lipinski definition) is 3. The molecule has 1 rings (SSSR count). The molecule has 20 heavy (non-hydrogen) atoms. The molecule has 0 fully saturated rings. The quantitative estimate of drug-likeness (QED) is 0.744. The Balaban J connectivity index is -0.000000243. The number of carboxylic acid groups (broad SMARTS) is 1. The Morgan fingerprint density at radius 2 is 1.70 bits per heavy atom. The molecule has 0 spiro atoms. The summed E-state index contributed by atoms with van der Waals surface area (Å²) in [5.74, 6) is 0. The number of nitrogens with two attached hydrogens (primary N) is 1. The number of aryl methyl sites for hydroxylation is 2. The van der Waals surface area contributed by atoms with E-state index in [2.05, 4.69) is 48.6 Å². The molecule has 0 bridgehead atoms. The van der Waals surface area contributed by atoms with E-state index in [1.54, 1.807) is 0 Å². The van der Waals surface area contributed by atoms with Gasteiger partial charge < -0.3 is 20.7 Å².